The van der Waals surface area contributed by atoms with Gasteiger partial charge >= 0.3 is 5.97 Å². The van der Waals surface area contributed by atoms with Gasteiger partial charge < -0.3 is 5.11 Å². The number of halogens is 2. The van der Waals surface area contributed by atoms with E-state index in [-0.39, 0.29) is 5.82 Å². The van der Waals surface area contributed by atoms with Crippen LogP contribution in [0.2, 0.25) is 5.02 Å². The minimum Gasteiger partial charge on any atom is -0.478 e. The maximum absolute atomic E-state index is 13.8. The van der Waals surface area contributed by atoms with Crippen LogP contribution in [0.15, 0.2) is 72.6 Å². The van der Waals surface area contributed by atoms with Crippen LogP contribution in [-0.2, 0) is 11.2 Å². The lowest BCUT2D eigenvalue weighted by atomic mass is 9.87. The third-order valence-corrected chi connectivity index (χ3v) is 6.35. The lowest BCUT2D eigenvalue weighted by Crippen LogP contribution is -1.97. The van der Waals surface area contributed by atoms with Gasteiger partial charge in [0.2, 0.25) is 0 Å². The van der Waals surface area contributed by atoms with Gasteiger partial charge in [-0.25, -0.2) is 9.18 Å². The number of pyridine rings is 1. The van der Waals surface area contributed by atoms with Crippen molar-refractivity contribution >= 4 is 40.9 Å². The zero-order chi connectivity index (χ0) is 26.1. The van der Waals surface area contributed by atoms with Crippen molar-refractivity contribution < 1.29 is 14.3 Å². The van der Waals surface area contributed by atoms with Gasteiger partial charge in [-0.15, -0.1) is 0 Å². The molecular formula is C31H31ClFNO2. The molecule has 36 heavy (non-hydrogen) atoms. The molecule has 3 aromatic rings. The molecule has 0 aliphatic heterocycles. The van der Waals surface area contributed by atoms with Crippen molar-refractivity contribution in [3.63, 3.8) is 0 Å². The molecule has 186 valence electrons. The summed E-state index contributed by atoms with van der Waals surface area (Å²) >= 11 is 6.51. The van der Waals surface area contributed by atoms with Crippen LogP contribution in [0.25, 0.3) is 23.3 Å². The number of aromatic nitrogens is 1. The summed E-state index contributed by atoms with van der Waals surface area (Å²) in [6.45, 7) is 6.30. The molecule has 5 heteroatoms. The zero-order valence-electron chi connectivity index (χ0n) is 20.9. The lowest BCUT2D eigenvalue weighted by Gasteiger charge is -2.18. The second kappa shape index (κ2) is 13.0. The summed E-state index contributed by atoms with van der Waals surface area (Å²) < 4.78 is 13.8. The van der Waals surface area contributed by atoms with E-state index in [0.717, 1.165) is 64.3 Å². The standard InChI is InChI=1S/C31H31ClFNO2/c1-4-6-7-23-16-17-34-20-25(23)18-21(3)31(24-11-8-22(9-12-24)10-15-30(35)36)27(5-2)28-14-13-26(33)19-29(28)32/h8-20H,4-7H2,1-3H3,(H,35,36)/b15-10+,21-18+,31-27-. The third-order valence-electron chi connectivity index (χ3n) is 6.04. The Bertz CT molecular complexity index is 1310. The number of carboxylic acids is 1. The highest BCUT2D eigenvalue weighted by Gasteiger charge is 2.16. The molecule has 3 rings (SSSR count). The normalized spacial score (nSPS) is 12.6. The number of allylic oxidation sites excluding steroid dienone is 3. The summed E-state index contributed by atoms with van der Waals surface area (Å²) in [4.78, 5) is 15.3. The minimum atomic E-state index is -0.993. The van der Waals surface area contributed by atoms with Crippen molar-refractivity contribution in [3.05, 3.63) is 111 Å². The van der Waals surface area contributed by atoms with Gasteiger partial charge in [-0.1, -0.05) is 62.2 Å². The largest absolute Gasteiger partial charge is 0.478 e. The number of hydrogen-bond donors (Lipinski definition) is 1. The van der Waals surface area contributed by atoms with Crippen LogP contribution in [0.4, 0.5) is 4.39 Å². The number of aryl methyl sites for hydroxylation is 1. The first kappa shape index (κ1) is 27.1. The van der Waals surface area contributed by atoms with E-state index in [1.54, 1.807) is 12.1 Å². The van der Waals surface area contributed by atoms with Crippen molar-refractivity contribution in [3.8, 4) is 0 Å². The summed E-state index contributed by atoms with van der Waals surface area (Å²) in [5.74, 6) is -1.37. The van der Waals surface area contributed by atoms with E-state index in [4.69, 9.17) is 16.7 Å². The van der Waals surface area contributed by atoms with E-state index < -0.39 is 5.97 Å². The predicted molar refractivity (Wildman–Crippen MR) is 148 cm³/mol. The maximum Gasteiger partial charge on any atom is 0.328 e. The molecule has 1 heterocycles. The summed E-state index contributed by atoms with van der Waals surface area (Å²) in [7, 11) is 0. The van der Waals surface area contributed by atoms with Crippen LogP contribution >= 0.6 is 11.6 Å². The van der Waals surface area contributed by atoms with E-state index in [1.807, 2.05) is 36.7 Å². The zero-order valence-corrected chi connectivity index (χ0v) is 21.6. The summed E-state index contributed by atoms with van der Waals surface area (Å²) in [5.41, 5.74) is 7.90. The van der Waals surface area contributed by atoms with Crippen molar-refractivity contribution in [1.29, 1.82) is 0 Å². The highest BCUT2D eigenvalue weighted by Crippen LogP contribution is 2.38. The van der Waals surface area contributed by atoms with Crippen LogP contribution in [0.1, 0.15) is 67.9 Å². The van der Waals surface area contributed by atoms with Crippen molar-refractivity contribution in [2.24, 2.45) is 0 Å². The van der Waals surface area contributed by atoms with Crippen LogP contribution in [0.5, 0.6) is 0 Å². The fourth-order valence-electron chi connectivity index (χ4n) is 4.27. The summed E-state index contributed by atoms with van der Waals surface area (Å²) in [6, 6.07) is 14.3. The van der Waals surface area contributed by atoms with Gasteiger partial charge in [0.05, 0.1) is 5.02 Å². The first-order valence-corrected chi connectivity index (χ1v) is 12.5. The second-order valence-electron chi connectivity index (χ2n) is 8.63. The lowest BCUT2D eigenvalue weighted by molar-refractivity contribution is -0.131. The molecule has 1 aromatic heterocycles. The van der Waals surface area contributed by atoms with Gasteiger partial charge in [0, 0.05) is 18.5 Å². The van der Waals surface area contributed by atoms with Crippen molar-refractivity contribution in [1.82, 2.24) is 4.98 Å². The summed E-state index contributed by atoms with van der Waals surface area (Å²) in [5, 5.41) is 9.30. The molecule has 0 bridgehead atoms. The Balaban J connectivity index is 2.21. The number of rotatable bonds is 10. The smallest absolute Gasteiger partial charge is 0.328 e. The van der Waals surface area contributed by atoms with Crippen LogP contribution in [-0.4, -0.2) is 16.1 Å². The molecule has 0 amide bonds. The van der Waals surface area contributed by atoms with Crippen LogP contribution in [0, 0.1) is 5.82 Å². The van der Waals surface area contributed by atoms with Gasteiger partial charge in [-0.05, 0) is 101 Å². The molecule has 1 N–H and O–H groups in total. The Labute approximate surface area is 217 Å². The molecule has 0 aliphatic rings. The summed E-state index contributed by atoms with van der Waals surface area (Å²) in [6.07, 6.45) is 12.4. The number of benzene rings is 2. The fraction of sp³-hybridized carbons (Fsp3) is 0.226. The topological polar surface area (TPSA) is 50.2 Å². The van der Waals surface area contributed by atoms with Crippen LogP contribution in [0.3, 0.4) is 0 Å². The van der Waals surface area contributed by atoms with E-state index in [2.05, 4.69) is 37.9 Å². The van der Waals surface area contributed by atoms with Crippen LogP contribution < -0.4 is 0 Å². The van der Waals surface area contributed by atoms with Gasteiger partial charge in [-0.2, -0.15) is 0 Å². The van der Waals surface area contributed by atoms with E-state index in [1.165, 1.54) is 17.7 Å². The van der Waals surface area contributed by atoms with Gasteiger partial charge in [0.15, 0.2) is 0 Å². The molecule has 3 nitrogen and oxygen atoms in total. The number of carboxylic acid groups (broad SMARTS) is 1. The molecule has 0 aliphatic carbocycles. The molecule has 0 saturated carbocycles. The van der Waals surface area contributed by atoms with Gasteiger partial charge in [0.25, 0.3) is 0 Å². The Kier molecular flexibility index (Phi) is 9.77. The van der Waals surface area contributed by atoms with E-state index in [9.17, 15) is 9.18 Å². The van der Waals surface area contributed by atoms with E-state index >= 15 is 0 Å². The number of nitrogens with zero attached hydrogens (tertiary/aromatic N) is 1. The third kappa shape index (κ3) is 7.02. The molecule has 2 aromatic carbocycles. The molecule has 0 spiro atoms. The molecule has 0 atom stereocenters. The maximum atomic E-state index is 13.8. The average molecular weight is 504 g/mol. The SMILES string of the molecule is CCCCc1ccncc1/C=C(C)/C(=C(\CC)c1ccc(F)cc1Cl)c1ccc(/C=C/C(=O)O)cc1. The fourth-order valence-corrected chi connectivity index (χ4v) is 4.55. The molecule has 0 fully saturated rings. The number of hydrogen-bond acceptors (Lipinski definition) is 2. The quantitative estimate of drug-likeness (QED) is 0.171. The predicted octanol–water partition coefficient (Wildman–Crippen LogP) is 8.74. The van der Waals surface area contributed by atoms with Gasteiger partial charge in [0.1, 0.15) is 5.82 Å². The number of unbranched alkanes of at least 4 members (excludes halogenated alkanes) is 1. The Morgan fingerprint density at radius 1 is 1.11 bits per heavy atom. The highest BCUT2D eigenvalue weighted by atomic mass is 35.5. The first-order chi connectivity index (χ1) is 17.3. The van der Waals surface area contributed by atoms with E-state index in [0.29, 0.717) is 11.4 Å². The average Bonchev–Trinajstić information content (AvgIpc) is 2.86. The molecule has 0 radical (unpaired) electrons. The Morgan fingerprint density at radius 2 is 1.86 bits per heavy atom. The Morgan fingerprint density at radius 3 is 2.50 bits per heavy atom. The number of aliphatic carboxylic acids is 1. The van der Waals surface area contributed by atoms with Crippen molar-refractivity contribution in [2.45, 2.75) is 46.5 Å². The molecule has 0 unspecified atom stereocenters. The van der Waals surface area contributed by atoms with Crippen molar-refractivity contribution in [2.75, 3.05) is 0 Å². The number of carbonyl (C=O) groups is 1. The van der Waals surface area contributed by atoms with Gasteiger partial charge in [-0.3, -0.25) is 4.98 Å². The molecule has 0 saturated heterocycles. The monoisotopic (exact) mass is 503 g/mol. The minimum absolute atomic E-state index is 0.364. The molecular weight excluding hydrogens is 473 g/mol. The second-order valence-corrected chi connectivity index (χ2v) is 9.04. The Hall–Kier alpha value is -3.50. The highest BCUT2D eigenvalue weighted by molar-refractivity contribution is 6.32. The first-order valence-electron chi connectivity index (χ1n) is 12.2.